The maximum atomic E-state index is 4.28. The average Bonchev–Trinajstić information content (AvgIpc) is 2.94. The normalized spacial score (nSPS) is 10.7. The Hall–Kier alpha value is -2.36. The maximum absolute atomic E-state index is 4.28. The van der Waals surface area contributed by atoms with E-state index in [0.29, 0.717) is 0 Å². The lowest BCUT2D eigenvalue weighted by Crippen LogP contribution is -2.05. The maximum Gasteiger partial charge on any atom is 0.142 e. The van der Waals surface area contributed by atoms with E-state index in [-0.39, 0.29) is 0 Å². The third-order valence-electron chi connectivity index (χ3n) is 3.13. The number of rotatable bonds is 5. The number of aromatic nitrogens is 3. The lowest BCUT2D eigenvalue weighted by Gasteiger charge is -2.06. The summed E-state index contributed by atoms with van der Waals surface area (Å²) >= 11 is 0. The number of nitrogens with zero attached hydrogens (tertiary/aromatic N) is 2. The van der Waals surface area contributed by atoms with Gasteiger partial charge in [-0.05, 0) is 24.5 Å². The second-order valence-electron chi connectivity index (χ2n) is 4.48. The molecular weight excluding hydrogens is 236 g/mol. The standard InChI is InChI=1S/C15H16N4/c1-2-5-12(6-3-1)7-4-9-16-14-13-8-10-17-15(13)19-11-18-14/h1-3,5-6,8,10-11H,4,7,9H2,(H2,16,17,18,19). The van der Waals surface area contributed by atoms with Gasteiger partial charge in [-0.1, -0.05) is 30.3 Å². The Morgan fingerprint density at radius 3 is 2.84 bits per heavy atom. The fourth-order valence-corrected chi connectivity index (χ4v) is 2.16. The van der Waals surface area contributed by atoms with Crippen molar-refractivity contribution >= 4 is 16.9 Å². The van der Waals surface area contributed by atoms with Crippen LogP contribution in [0.2, 0.25) is 0 Å². The highest BCUT2D eigenvalue weighted by Crippen LogP contribution is 2.17. The second kappa shape index (κ2) is 5.52. The molecule has 3 aromatic rings. The molecule has 2 N–H and O–H groups in total. The van der Waals surface area contributed by atoms with Crippen molar-refractivity contribution in [3.8, 4) is 0 Å². The van der Waals surface area contributed by atoms with Crippen LogP contribution in [-0.4, -0.2) is 21.5 Å². The van der Waals surface area contributed by atoms with Gasteiger partial charge in [0.05, 0.1) is 5.39 Å². The summed E-state index contributed by atoms with van der Waals surface area (Å²) in [7, 11) is 0. The summed E-state index contributed by atoms with van der Waals surface area (Å²) < 4.78 is 0. The van der Waals surface area contributed by atoms with Gasteiger partial charge in [0, 0.05) is 12.7 Å². The van der Waals surface area contributed by atoms with Crippen molar-refractivity contribution in [3.05, 3.63) is 54.5 Å². The summed E-state index contributed by atoms with van der Waals surface area (Å²) in [5.74, 6) is 0.902. The van der Waals surface area contributed by atoms with Crippen LogP contribution in [0.3, 0.4) is 0 Å². The number of nitrogens with one attached hydrogen (secondary N) is 2. The molecule has 0 aliphatic heterocycles. The quantitative estimate of drug-likeness (QED) is 0.686. The van der Waals surface area contributed by atoms with Gasteiger partial charge in [0.15, 0.2) is 0 Å². The third kappa shape index (κ3) is 2.73. The number of aryl methyl sites for hydroxylation is 1. The second-order valence-corrected chi connectivity index (χ2v) is 4.48. The van der Waals surface area contributed by atoms with E-state index in [9.17, 15) is 0 Å². The van der Waals surface area contributed by atoms with E-state index in [1.807, 2.05) is 18.3 Å². The molecule has 0 amide bonds. The fourth-order valence-electron chi connectivity index (χ4n) is 2.16. The van der Waals surface area contributed by atoms with E-state index >= 15 is 0 Å². The molecule has 3 rings (SSSR count). The van der Waals surface area contributed by atoms with E-state index in [1.165, 1.54) is 5.56 Å². The Bertz CT molecular complexity index is 645. The summed E-state index contributed by atoms with van der Waals surface area (Å²) in [6, 6.07) is 12.5. The molecule has 0 saturated carbocycles. The zero-order valence-corrected chi connectivity index (χ0v) is 10.6. The molecule has 0 radical (unpaired) electrons. The smallest absolute Gasteiger partial charge is 0.142 e. The first-order valence-corrected chi connectivity index (χ1v) is 6.49. The summed E-state index contributed by atoms with van der Waals surface area (Å²) in [4.78, 5) is 11.5. The number of aromatic amines is 1. The minimum absolute atomic E-state index is 0.876. The van der Waals surface area contributed by atoms with Gasteiger partial charge in [-0.3, -0.25) is 0 Å². The highest BCUT2D eigenvalue weighted by atomic mass is 15.0. The van der Waals surface area contributed by atoms with Crippen LogP contribution >= 0.6 is 0 Å². The molecule has 0 bridgehead atoms. The molecule has 0 unspecified atom stereocenters. The summed E-state index contributed by atoms with van der Waals surface area (Å²) in [6.07, 6.45) is 5.63. The minimum atomic E-state index is 0.876. The SMILES string of the molecule is c1ccc(CCCNc2ncnc3[nH]ccc23)cc1. The average molecular weight is 252 g/mol. The molecule has 4 nitrogen and oxygen atoms in total. The monoisotopic (exact) mass is 252 g/mol. The number of hydrogen-bond acceptors (Lipinski definition) is 3. The van der Waals surface area contributed by atoms with Gasteiger partial charge in [-0.15, -0.1) is 0 Å². The van der Waals surface area contributed by atoms with Gasteiger partial charge in [-0.25, -0.2) is 9.97 Å². The van der Waals surface area contributed by atoms with Crippen LogP contribution in [0.5, 0.6) is 0 Å². The van der Waals surface area contributed by atoms with Crippen molar-refractivity contribution in [3.63, 3.8) is 0 Å². The molecule has 4 heteroatoms. The number of H-pyrrole nitrogens is 1. The first kappa shape index (κ1) is 11.7. The first-order chi connectivity index (χ1) is 9.43. The molecule has 0 atom stereocenters. The van der Waals surface area contributed by atoms with Crippen molar-refractivity contribution < 1.29 is 0 Å². The van der Waals surface area contributed by atoms with Gasteiger partial charge in [0.1, 0.15) is 17.8 Å². The predicted molar refractivity (Wildman–Crippen MR) is 77.1 cm³/mol. The van der Waals surface area contributed by atoms with Crippen LogP contribution in [0.4, 0.5) is 5.82 Å². The Kier molecular flexibility index (Phi) is 3.40. The van der Waals surface area contributed by atoms with Crippen LogP contribution in [0.15, 0.2) is 48.9 Å². The largest absolute Gasteiger partial charge is 0.369 e. The Morgan fingerprint density at radius 2 is 1.95 bits per heavy atom. The van der Waals surface area contributed by atoms with Crippen molar-refractivity contribution in [1.82, 2.24) is 15.0 Å². The molecule has 2 aromatic heterocycles. The molecule has 0 saturated heterocycles. The number of fused-ring (bicyclic) bond motifs is 1. The molecule has 0 fully saturated rings. The minimum Gasteiger partial charge on any atom is -0.369 e. The molecule has 0 spiro atoms. The highest BCUT2D eigenvalue weighted by molar-refractivity contribution is 5.86. The van der Waals surface area contributed by atoms with Crippen LogP contribution < -0.4 is 5.32 Å². The Morgan fingerprint density at radius 1 is 1.05 bits per heavy atom. The molecule has 0 aliphatic carbocycles. The van der Waals surface area contributed by atoms with Crippen molar-refractivity contribution in [2.75, 3.05) is 11.9 Å². The molecule has 96 valence electrons. The van der Waals surface area contributed by atoms with Gasteiger partial charge in [0.2, 0.25) is 0 Å². The highest BCUT2D eigenvalue weighted by Gasteiger charge is 2.02. The molecule has 0 aliphatic rings. The van der Waals surface area contributed by atoms with Gasteiger partial charge >= 0.3 is 0 Å². The van der Waals surface area contributed by atoms with Crippen LogP contribution in [0.25, 0.3) is 11.0 Å². The Labute approximate surface area is 111 Å². The lowest BCUT2D eigenvalue weighted by atomic mass is 10.1. The van der Waals surface area contributed by atoms with E-state index in [0.717, 1.165) is 36.2 Å². The molecule has 19 heavy (non-hydrogen) atoms. The molecular formula is C15H16N4. The van der Waals surface area contributed by atoms with E-state index < -0.39 is 0 Å². The first-order valence-electron chi connectivity index (χ1n) is 6.49. The van der Waals surface area contributed by atoms with E-state index in [1.54, 1.807) is 6.33 Å². The number of hydrogen-bond donors (Lipinski definition) is 2. The number of benzene rings is 1. The van der Waals surface area contributed by atoms with Crippen LogP contribution in [0.1, 0.15) is 12.0 Å². The zero-order valence-electron chi connectivity index (χ0n) is 10.6. The molecule has 1 aromatic carbocycles. The van der Waals surface area contributed by atoms with Crippen LogP contribution in [0, 0.1) is 0 Å². The summed E-state index contributed by atoms with van der Waals surface area (Å²) in [5.41, 5.74) is 2.25. The van der Waals surface area contributed by atoms with Crippen molar-refractivity contribution in [2.45, 2.75) is 12.8 Å². The van der Waals surface area contributed by atoms with Crippen LogP contribution in [-0.2, 0) is 6.42 Å². The summed E-state index contributed by atoms with van der Waals surface area (Å²) in [5, 5.41) is 4.42. The van der Waals surface area contributed by atoms with E-state index in [2.05, 4.69) is 44.5 Å². The zero-order chi connectivity index (χ0) is 12.9. The van der Waals surface area contributed by atoms with Crippen molar-refractivity contribution in [1.29, 1.82) is 0 Å². The van der Waals surface area contributed by atoms with E-state index in [4.69, 9.17) is 0 Å². The summed E-state index contributed by atoms with van der Waals surface area (Å²) in [6.45, 7) is 0.909. The number of anilines is 1. The fraction of sp³-hybridized carbons (Fsp3) is 0.200. The van der Waals surface area contributed by atoms with Gasteiger partial charge in [-0.2, -0.15) is 0 Å². The predicted octanol–water partition coefficient (Wildman–Crippen LogP) is 3.00. The van der Waals surface area contributed by atoms with Gasteiger partial charge < -0.3 is 10.3 Å². The van der Waals surface area contributed by atoms with Gasteiger partial charge in [0.25, 0.3) is 0 Å². The third-order valence-corrected chi connectivity index (χ3v) is 3.13. The topological polar surface area (TPSA) is 53.6 Å². The lowest BCUT2D eigenvalue weighted by molar-refractivity contribution is 0.859. The Balaban J connectivity index is 1.57. The van der Waals surface area contributed by atoms with Crippen molar-refractivity contribution in [2.24, 2.45) is 0 Å². The molecule has 2 heterocycles.